The highest BCUT2D eigenvalue weighted by Crippen LogP contribution is 2.23. The first-order valence-electron chi connectivity index (χ1n) is 4.91. The molecule has 0 bridgehead atoms. The van der Waals surface area contributed by atoms with Gasteiger partial charge in [-0.05, 0) is 19.1 Å². The smallest absolute Gasteiger partial charge is 0.153 e. The number of aromatic nitrogens is 2. The normalized spacial score (nSPS) is 10.1. The third-order valence-corrected chi connectivity index (χ3v) is 2.49. The van der Waals surface area contributed by atoms with E-state index in [9.17, 15) is 4.79 Å². The zero-order valence-electron chi connectivity index (χ0n) is 9.18. The number of rotatable bonds is 3. The Morgan fingerprint density at radius 1 is 1.38 bits per heavy atom. The maximum absolute atomic E-state index is 10.7. The third-order valence-electron chi connectivity index (χ3n) is 2.49. The van der Waals surface area contributed by atoms with Gasteiger partial charge in [0.15, 0.2) is 6.29 Å². The molecule has 0 unspecified atom stereocenters. The fraction of sp³-hybridized carbons (Fsp3) is 0.167. The van der Waals surface area contributed by atoms with Gasteiger partial charge in [-0.1, -0.05) is 12.1 Å². The summed E-state index contributed by atoms with van der Waals surface area (Å²) in [5, 5.41) is 4.17. The van der Waals surface area contributed by atoms with Crippen LogP contribution in [0.1, 0.15) is 16.1 Å². The molecule has 82 valence electrons. The molecule has 0 aliphatic rings. The Hall–Kier alpha value is -2.10. The van der Waals surface area contributed by atoms with E-state index in [0.717, 1.165) is 23.4 Å². The Bertz CT molecular complexity index is 517. The molecule has 4 heteroatoms. The van der Waals surface area contributed by atoms with Crippen LogP contribution in [-0.4, -0.2) is 23.2 Å². The molecular formula is C12H12N2O2. The highest BCUT2D eigenvalue weighted by atomic mass is 16.5. The summed E-state index contributed by atoms with van der Waals surface area (Å²) in [4.78, 5) is 10.7. The summed E-state index contributed by atoms with van der Waals surface area (Å²) in [5.41, 5.74) is 2.22. The number of aldehydes is 1. The Kier molecular flexibility index (Phi) is 2.72. The summed E-state index contributed by atoms with van der Waals surface area (Å²) in [6.07, 6.45) is 2.35. The van der Waals surface area contributed by atoms with Crippen molar-refractivity contribution in [2.45, 2.75) is 6.92 Å². The van der Waals surface area contributed by atoms with Crippen LogP contribution in [0, 0.1) is 6.92 Å². The minimum Gasteiger partial charge on any atom is -0.494 e. The molecule has 0 aliphatic heterocycles. The van der Waals surface area contributed by atoms with Gasteiger partial charge in [-0.3, -0.25) is 4.79 Å². The third kappa shape index (κ3) is 1.58. The van der Waals surface area contributed by atoms with Gasteiger partial charge in [0.2, 0.25) is 0 Å². The monoisotopic (exact) mass is 216 g/mol. The van der Waals surface area contributed by atoms with Gasteiger partial charge < -0.3 is 4.74 Å². The van der Waals surface area contributed by atoms with Crippen molar-refractivity contribution in [3.05, 3.63) is 41.7 Å². The second-order valence-electron chi connectivity index (χ2n) is 3.39. The standard InChI is InChI=1S/C12H12N2O2/c1-9-10(8-15)7-13-14(9)11-5-3-4-6-12(11)16-2/h3-8H,1-2H3. The van der Waals surface area contributed by atoms with Crippen molar-refractivity contribution in [1.29, 1.82) is 0 Å². The topological polar surface area (TPSA) is 44.1 Å². The first-order valence-corrected chi connectivity index (χ1v) is 4.91. The Morgan fingerprint density at radius 2 is 2.12 bits per heavy atom. The molecule has 0 atom stereocenters. The van der Waals surface area contributed by atoms with Crippen molar-refractivity contribution < 1.29 is 9.53 Å². The molecule has 1 heterocycles. The van der Waals surface area contributed by atoms with Gasteiger partial charge in [0.05, 0.1) is 24.6 Å². The van der Waals surface area contributed by atoms with Crippen LogP contribution in [0.3, 0.4) is 0 Å². The molecule has 4 nitrogen and oxygen atoms in total. The van der Waals surface area contributed by atoms with E-state index >= 15 is 0 Å². The van der Waals surface area contributed by atoms with Gasteiger partial charge in [-0.2, -0.15) is 5.10 Å². The van der Waals surface area contributed by atoms with Crippen LogP contribution in [0.5, 0.6) is 5.75 Å². The molecule has 0 spiro atoms. The molecule has 0 N–H and O–H groups in total. The summed E-state index contributed by atoms with van der Waals surface area (Å²) < 4.78 is 6.95. The van der Waals surface area contributed by atoms with E-state index in [1.54, 1.807) is 18.0 Å². The Morgan fingerprint density at radius 3 is 2.75 bits per heavy atom. The van der Waals surface area contributed by atoms with Gasteiger partial charge in [0.25, 0.3) is 0 Å². The molecule has 0 amide bonds. The van der Waals surface area contributed by atoms with E-state index in [4.69, 9.17) is 4.74 Å². The predicted molar refractivity (Wildman–Crippen MR) is 60.2 cm³/mol. The summed E-state index contributed by atoms with van der Waals surface area (Å²) in [5.74, 6) is 0.728. The molecule has 2 aromatic rings. The number of carbonyl (C=O) groups is 1. The second-order valence-corrected chi connectivity index (χ2v) is 3.39. The Labute approximate surface area is 93.5 Å². The zero-order chi connectivity index (χ0) is 11.5. The first kappa shape index (κ1) is 10.4. The molecule has 2 rings (SSSR count). The van der Waals surface area contributed by atoms with Crippen LogP contribution in [0.2, 0.25) is 0 Å². The van der Waals surface area contributed by atoms with Crippen molar-refractivity contribution in [3.63, 3.8) is 0 Å². The van der Waals surface area contributed by atoms with Gasteiger partial charge in [0, 0.05) is 0 Å². The van der Waals surface area contributed by atoms with Crippen LogP contribution in [-0.2, 0) is 0 Å². The average molecular weight is 216 g/mol. The van der Waals surface area contributed by atoms with E-state index < -0.39 is 0 Å². The molecule has 0 aliphatic carbocycles. The number of ether oxygens (including phenoxy) is 1. The molecule has 1 aromatic carbocycles. The van der Waals surface area contributed by atoms with Crippen molar-refractivity contribution in [2.75, 3.05) is 7.11 Å². The van der Waals surface area contributed by atoms with E-state index in [0.29, 0.717) is 5.56 Å². The predicted octanol–water partition coefficient (Wildman–Crippen LogP) is 2.00. The lowest BCUT2D eigenvalue weighted by Crippen LogP contribution is -2.01. The lowest BCUT2D eigenvalue weighted by Gasteiger charge is -2.09. The van der Waals surface area contributed by atoms with Crippen molar-refractivity contribution in [2.24, 2.45) is 0 Å². The lowest BCUT2D eigenvalue weighted by atomic mass is 10.2. The van der Waals surface area contributed by atoms with E-state index in [2.05, 4.69) is 5.10 Å². The molecule has 0 fully saturated rings. The van der Waals surface area contributed by atoms with E-state index in [1.807, 2.05) is 31.2 Å². The maximum Gasteiger partial charge on any atom is 0.153 e. The number of benzene rings is 1. The Balaban J connectivity index is 2.58. The first-order chi connectivity index (χ1) is 7.77. The molecule has 0 saturated carbocycles. The molecule has 0 saturated heterocycles. The summed E-state index contributed by atoms with van der Waals surface area (Å²) in [6, 6.07) is 7.55. The summed E-state index contributed by atoms with van der Waals surface area (Å²) in [7, 11) is 1.61. The number of methoxy groups -OCH3 is 1. The van der Waals surface area contributed by atoms with E-state index in [-0.39, 0.29) is 0 Å². The minimum absolute atomic E-state index is 0.589. The minimum atomic E-state index is 0.589. The zero-order valence-corrected chi connectivity index (χ0v) is 9.18. The second kappa shape index (κ2) is 4.18. The fourth-order valence-corrected chi connectivity index (χ4v) is 1.59. The van der Waals surface area contributed by atoms with Crippen molar-refractivity contribution in [1.82, 2.24) is 9.78 Å². The summed E-state index contributed by atoms with van der Waals surface area (Å²) >= 11 is 0. The fourth-order valence-electron chi connectivity index (χ4n) is 1.59. The van der Waals surface area contributed by atoms with Crippen molar-refractivity contribution in [3.8, 4) is 11.4 Å². The molecule has 1 aromatic heterocycles. The quantitative estimate of drug-likeness (QED) is 0.737. The number of para-hydroxylation sites is 2. The highest BCUT2D eigenvalue weighted by molar-refractivity contribution is 5.76. The van der Waals surface area contributed by atoms with Crippen molar-refractivity contribution >= 4 is 6.29 Å². The molecule has 16 heavy (non-hydrogen) atoms. The van der Waals surface area contributed by atoms with Gasteiger partial charge >= 0.3 is 0 Å². The highest BCUT2D eigenvalue weighted by Gasteiger charge is 2.10. The van der Waals surface area contributed by atoms with Gasteiger partial charge in [0.1, 0.15) is 11.4 Å². The van der Waals surface area contributed by atoms with Crippen LogP contribution in [0.25, 0.3) is 5.69 Å². The summed E-state index contributed by atoms with van der Waals surface area (Å²) in [6.45, 7) is 1.85. The number of carbonyl (C=O) groups excluding carboxylic acids is 1. The average Bonchev–Trinajstić information content (AvgIpc) is 2.70. The van der Waals surface area contributed by atoms with E-state index in [1.165, 1.54) is 0 Å². The van der Waals surface area contributed by atoms with Crippen LogP contribution >= 0.6 is 0 Å². The maximum atomic E-state index is 10.7. The number of hydrogen-bond acceptors (Lipinski definition) is 3. The molecule has 0 radical (unpaired) electrons. The van der Waals surface area contributed by atoms with Gasteiger partial charge in [-0.25, -0.2) is 4.68 Å². The SMILES string of the molecule is COc1ccccc1-n1ncc(C=O)c1C. The lowest BCUT2D eigenvalue weighted by molar-refractivity contribution is 0.112. The van der Waals surface area contributed by atoms with Gasteiger partial charge in [-0.15, -0.1) is 0 Å². The molecular weight excluding hydrogens is 204 g/mol. The largest absolute Gasteiger partial charge is 0.494 e. The number of nitrogens with zero attached hydrogens (tertiary/aromatic N) is 2. The number of hydrogen-bond donors (Lipinski definition) is 0. The van der Waals surface area contributed by atoms with Crippen LogP contribution < -0.4 is 4.74 Å². The van der Waals surface area contributed by atoms with Crippen LogP contribution in [0.4, 0.5) is 0 Å². The van der Waals surface area contributed by atoms with Crippen LogP contribution in [0.15, 0.2) is 30.5 Å².